The van der Waals surface area contributed by atoms with Crippen molar-refractivity contribution in [2.75, 3.05) is 13.2 Å². The molecule has 5 nitrogen and oxygen atoms in total. The molecule has 29 heavy (non-hydrogen) atoms. The number of carbonyl (C=O) groups excluding carboxylic acids is 1. The van der Waals surface area contributed by atoms with Crippen molar-refractivity contribution in [3.05, 3.63) is 81.7 Å². The van der Waals surface area contributed by atoms with Crippen molar-refractivity contribution in [1.82, 2.24) is 5.32 Å². The lowest BCUT2D eigenvalue weighted by Crippen LogP contribution is -2.19. The zero-order chi connectivity index (χ0) is 21.4. The lowest BCUT2D eigenvalue weighted by Gasteiger charge is -2.18. The van der Waals surface area contributed by atoms with Crippen molar-refractivity contribution in [2.24, 2.45) is 11.5 Å². The van der Waals surface area contributed by atoms with E-state index in [-0.39, 0.29) is 0 Å². The van der Waals surface area contributed by atoms with E-state index in [0.717, 1.165) is 40.1 Å². The Balaban J connectivity index is 2.19. The number of rotatable bonds is 9. The zero-order valence-electron chi connectivity index (χ0n) is 17.7. The van der Waals surface area contributed by atoms with Gasteiger partial charge in [0.1, 0.15) is 12.4 Å². The van der Waals surface area contributed by atoms with Crippen LogP contribution in [0.1, 0.15) is 40.3 Å². The largest absolute Gasteiger partial charge is 0.491 e. The maximum atomic E-state index is 10.4. The molecule has 0 saturated heterocycles. The van der Waals surface area contributed by atoms with Gasteiger partial charge in [-0.25, -0.2) is 0 Å². The van der Waals surface area contributed by atoms with Gasteiger partial charge in [-0.1, -0.05) is 30.3 Å². The van der Waals surface area contributed by atoms with Crippen molar-refractivity contribution in [3.8, 4) is 5.75 Å². The van der Waals surface area contributed by atoms with Gasteiger partial charge in [0, 0.05) is 11.9 Å². The van der Waals surface area contributed by atoms with Crippen LogP contribution in [-0.4, -0.2) is 19.6 Å². The minimum atomic E-state index is 0.453. The second kappa shape index (κ2) is 10.4. The highest BCUT2D eigenvalue weighted by atomic mass is 16.5. The molecule has 0 saturated carbocycles. The highest BCUT2D eigenvalue weighted by molar-refractivity contribution is 5.74. The number of hydrogen-bond donors (Lipinski definition) is 3. The van der Waals surface area contributed by atoms with Crippen LogP contribution in [0.4, 0.5) is 0 Å². The number of amides is 1. The van der Waals surface area contributed by atoms with Crippen LogP contribution in [0.5, 0.6) is 5.75 Å². The van der Waals surface area contributed by atoms with Crippen LogP contribution in [0.2, 0.25) is 0 Å². The molecule has 0 heterocycles. The number of carbonyl (C=O) groups is 1. The zero-order valence-corrected chi connectivity index (χ0v) is 17.7. The monoisotopic (exact) mass is 393 g/mol. The van der Waals surface area contributed by atoms with Gasteiger partial charge >= 0.3 is 0 Å². The van der Waals surface area contributed by atoms with Crippen LogP contribution in [0.3, 0.4) is 0 Å². The van der Waals surface area contributed by atoms with Gasteiger partial charge in [0.25, 0.3) is 0 Å². The van der Waals surface area contributed by atoms with E-state index in [9.17, 15) is 4.79 Å². The molecule has 0 spiro atoms. The Labute approximate surface area is 173 Å². The minimum Gasteiger partial charge on any atom is -0.491 e. The first kappa shape index (κ1) is 22.1. The molecular weight excluding hydrogens is 362 g/mol. The molecule has 0 aliphatic rings. The average Bonchev–Trinajstić information content (AvgIpc) is 2.70. The van der Waals surface area contributed by atoms with Crippen LogP contribution >= 0.6 is 0 Å². The van der Waals surface area contributed by atoms with Crippen LogP contribution in [-0.2, 0) is 11.2 Å². The number of nitrogens with two attached hydrogens (primary N) is 2. The summed E-state index contributed by atoms with van der Waals surface area (Å²) in [7, 11) is 0. The quantitative estimate of drug-likeness (QED) is 0.346. The predicted molar refractivity (Wildman–Crippen MR) is 120 cm³/mol. The number of aryl methyl sites for hydroxylation is 1. The fraction of sp³-hybridized carbons (Fsp3) is 0.292. The van der Waals surface area contributed by atoms with Gasteiger partial charge in [-0.2, -0.15) is 0 Å². The maximum Gasteiger partial charge on any atom is 0.207 e. The molecule has 154 valence electrons. The molecule has 2 aromatic rings. The third kappa shape index (κ3) is 5.88. The van der Waals surface area contributed by atoms with E-state index in [1.165, 1.54) is 16.7 Å². The van der Waals surface area contributed by atoms with Gasteiger partial charge in [0.2, 0.25) is 6.41 Å². The Morgan fingerprint density at radius 1 is 1.14 bits per heavy atom. The Morgan fingerprint density at radius 3 is 2.41 bits per heavy atom. The second-order valence-corrected chi connectivity index (χ2v) is 7.24. The van der Waals surface area contributed by atoms with Crippen LogP contribution in [0.25, 0.3) is 5.57 Å². The predicted octanol–water partition coefficient (Wildman–Crippen LogP) is 3.49. The third-order valence-corrected chi connectivity index (χ3v) is 4.95. The molecule has 0 bridgehead atoms. The first-order valence-corrected chi connectivity index (χ1v) is 9.71. The first-order chi connectivity index (χ1) is 13.9. The van der Waals surface area contributed by atoms with E-state index in [1.54, 1.807) is 6.20 Å². The number of ether oxygens (including phenoxy) is 1. The second-order valence-electron chi connectivity index (χ2n) is 7.24. The topological polar surface area (TPSA) is 90.4 Å². The molecule has 0 atom stereocenters. The van der Waals surface area contributed by atoms with Crippen LogP contribution < -0.4 is 21.5 Å². The summed E-state index contributed by atoms with van der Waals surface area (Å²) in [5, 5.41) is 2.62. The summed E-state index contributed by atoms with van der Waals surface area (Å²) in [5.41, 5.74) is 20.1. The smallest absolute Gasteiger partial charge is 0.207 e. The van der Waals surface area contributed by atoms with E-state index in [1.807, 2.05) is 13.0 Å². The molecule has 1 amide bonds. The Kier molecular flexibility index (Phi) is 7.89. The van der Waals surface area contributed by atoms with E-state index >= 15 is 0 Å². The van der Waals surface area contributed by atoms with Gasteiger partial charge in [-0.05, 0) is 79.1 Å². The maximum absolute atomic E-state index is 10.4. The fourth-order valence-corrected chi connectivity index (χ4v) is 3.33. The number of nitrogens with one attached hydrogen (secondary N) is 1. The van der Waals surface area contributed by atoms with E-state index in [2.05, 4.69) is 56.4 Å². The molecule has 5 N–H and O–H groups in total. The minimum absolute atomic E-state index is 0.453. The van der Waals surface area contributed by atoms with Crippen molar-refractivity contribution in [3.63, 3.8) is 0 Å². The van der Waals surface area contributed by atoms with Crippen LogP contribution in [0.15, 0.2) is 48.3 Å². The fourth-order valence-electron chi connectivity index (χ4n) is 3.33. The average molecular weight is 394 g/mol. The van der Waals surface area contributed by atoms with Gasteiger partial charge in [-0.15, -0.1) is 0 Å². The molecular formula is C24H31N3O2. The van der Waals surface area contributed by atoms with Crippen molar-refractivity contribution < 1.29 is 9.53 Å². The Hall–Kier alpha value is -3.21. The highest BCUT2D eigenvalue weighted by Crippen LogP contribution is 2.30. The number of allylic oxidation sites excluding steroid dienone is 3. The van der Waals surface area contributed by atoms with Gasteiger partial charge < -0.3 is 21.5 Å². The Morgan fingerprint density at radius 2 is 1.83 bits per heavy atom. The number of benzene rings is 2. The summed E-state index contributed by atoms with van der Waals surface area (Å²) < 4.78 is 5.89. The van der Waals surface area contributed by atoms with Gasteiger partial charge in [0.15, 0.2) is 0 Å². The Bertz CT molecular complexity index is 909. The van der Waals surface area contributed by atoms with Crippen molar-refractivity contribution in [1.29, 1.82) is 0 Å². The molecule has 5 heteroatoms. The molecule has 0 aliphatic carbocycles. The van der Waals surface area contributed by atoms with E-state index < -0.39 is 0 Å². The number of hydrogen-bond acceptors (Lipinski definition) is 4. The molecule has 2 rings (SSSR count). The van der Waals surface area contributed by atoms with Crippen molar-refractivity contribution in [2.45, 2.75) is 34.1 Å². The normalized spacial score (nSPS) is 12.0. The molecule has 0 radical (unpaired) electrons. The summed E-state index contributed by atoms with van der Waals surface area (Å²) in [4.78, 5) is 10.4. The highest BCUT2D eigenvalue weighted by Gasteiger charge is 2.12. The van der Waals surface area contributed by atoms with Gasteiger partial charge in [-0.3, -0.25) is 4.79 Å². The molecule has 2 aromatic carbocycles. The third-order valence-electron chi connectivity index (χ3n) is 4.95. The summed E-state index contributed by atoms with van der Waals surface area (Å²) in [6.45, 7) is 9.05. The molecule has 0 fully saturated rings. The first-order valence-electron chi connectivity index (χ1n) is 9.71. The SMILES string of the molecule is C/C(N)=C/C(=C\N)c1ccc(Cc2cc(C)c(OCCNC=O)c(C)c2C)cc1. The summed E-state index contributed by atoms with van der Waals surface area (Å²) in [6.07, 6.45) is 4.97. The lowest BCUT2D eigenvalue weighted by atomic mass is 9.93. The summed E-state index contributed by atoms with van der Waals surface area (Å²) >= 11 is 0. The van der Waals surface area contributed by atoms with E-state index in [0.29, 0.717) is 19.6 Å². The van der Waals surface area contributed by atoms with Crippen LogP contribution in [0, 0.1) is 20.8 Å². The summed E-state index contributed by atoms with van der Waals surface area (Å²) in [6, 6.07) is 10.6. The molecule has 0 aliphatic heterocycles. The molecule has 0 unspecified atom stereocenters. The van der Waals surface area contributed by atoms with Gasteiger partial charge in [0.05, 0.1) is 6.54 Å². The standard InChI is InChI=1S/C24H31N3O2/c1-16-11-22(18(3)19(4)24(16)29-10-9-27-15-28)13-20-5-7-21(8-6-20)23(14-25)12-17(2)26/h5-8,11-12,14-15H,9-10,13,25-26H2,1-4H3,(H,27,28)/b17-12-,23-14+. The molecule has 0 aromatic heterocycles. The van der Waals surface area contributed by atoms with Crippen molar-refractivity contribution >= 4 is 12.0 Å². The van der Waals surface area contributed by atoms with E-state index in [4.69, 9.17) is 16.2 Å². The lowest BCUT2D eigenvalue weighted by molar-refractivity contribution is -0.109. The summed E-state index contributed by atoms with van der Waals surface area (Å²) in [5.74, 6) is 0.899.